The second-order valence-electron chi connectivity index (χ2n) is 6.28. The highest BCUT2D eigenvalue weighted by atomic mass is 32.2. The zero-order valence-corrected chi connectivity index (χ0v) is 16.7. The van der Waals surface area contributed by atoms with E-state index in [0.29, 0.717) is 17.5 Å². The van der Waals surface area contributed by atoms with Gasteiger partial charge in [-0.2, -0.15) is 0 Å². The molecule has 0 unspecified atom stereocenters. The van der Waals surface area contributed by atoms with Crippen molar-refractivity contribution in [3.63, 3.8) is 0 Å². The Labute approximate surface area is 160 Å². The minimum absolute atomic E-state index is 0.624. The summed E-state index contributed by atoms with van der Waals surface area (Å²) in [5, 5.41) is 13.1. The summed E-state index contributed by atoms with van der Waals surface area (Å²) in [4.78, 5) is 21.5. The molecule has 1 aromatic carbocycles. The van der Waals surface area contributed by atoms with Gasteiger partial charge in [0.05, 0.1) is 12.0 Å². The summed E-state index contributed by atoms with van der Waals surface area (Å²) < 4.78 is 4.53. The van der Waals surface area contributed by atoms with Crippen molar-refractivity contribution in [1.82, 2.24) is 9.97 Å². The van der Waals surface area contributed by atoms with Gasteiger partial charge in [-0.3, -0.25) is 4.79 Å². The van der Waals surface area contributed by atoms with Crippen molar-refractivity contribution < 1.29 is 14.6 Å². The number of aryl methyl sites for hydroxylation is 1. The number of hydrogen-bond acceptors (Lipinski definition) is 6. The lowest BCUT2D eigenvalue weighted by molar-refractivity contribution is -0.138. The second-order valence-corrected chi connectivity index (χ2v) is 8.75. The third kappa shape index (κ3) is 3.68. The Morgan fingerprint density at radius 2 is 1.96 bits per heavy atom. The Hall–Kier alpha value is -2.12. The number of benzene rings is 1. The van der Waals surface area contributed by atoms with Crippen LogP contribution in [-0.2, 0) is 4.79 Å². The first kappa shape index (κ1) is 18.7. The van der Waals surface area contributed by atoms with Crippen LogP contribution >= 0.6 is 23.1 Å². The summed E-state index contributed by atoms with van der Waals surface area (Å²) in [5.74, 6) is 0.593. The fourth-order valence-electron chi connectivity index (χ4n) is 2.48. The summed E-state index contributed by atoms with van der Waals surface area (Å²) in [6.45, 7) is 7.78. The van der Waals surface area contributed by atoms with Crippen LogP contribution in [0.2, 0.25) is 0 Å². The normalized spacial score (nSPS) is 11.7. The van der Waals surface area contributed by atoms with E-state index in [1.54, 1.807) is 25.2 Å². The van der Waals surface area contributed by atoms with E-state index in [2.05, 4.69) is 9.97 Å². The number of carboxylic acids is 1. The van der Waals surface area contributed by atoms with Gasteiger partial charge in [0.1, 0.15) is 26.2 Å². The average molecular weight is 389 g/mol. The molecule has 136 valence electrons. The van der Waals surface area contributed by atoms with E-state index < -0.39 is 10.7 Å². The monoisotopic (exact) mass is 388 g/mol. The van der Waals surface area contributed by atoms with E-state index in [1.807, 2.05) is 43.5 Å². The highest BCUT2D eigenvalue weighted by Crippen LogP contribution is 2.42. The average Bonchev–Trinajstić information content (AvgIpc) is 2.99. The van der Waals surface area contributed by atoms with Crippen molar-refractivity contribution in [3.8, 4) is 16.9 Å². The van der Waals surface area contributed by atoms with Crippen molar-refractivity contribution in [2.24, 2.45) is 0 Å². The predicted octanol–water partition coefficient (Wildman–Crippen LogP) is 5.02. The number of thiophene rings is 1. The van der Waals surface area contributed by atoms with Crippen LogP contribution in [-0.4, -0.2) is 32.4 Å². The van der Waals surface area contributed by atoms with Gasteiger partial charge < -0.3 is 9.84 Å². The summed E-state index contributed by atoms with van der Waals surface area (Å²) in [6, 6.07) is 7.88. The Kier molecular flexibility index (Phi) is 5.20. The van der Waals surface area contributed by atoms with Crippen LogP contribution in [0.1, 0.15) is 26.6 Å². The molecular weight excluding hydrogens is 368 g/mol. The van der Waals surface area contributed by atoms with Crippen LogP contribution in [0.4, 0.5) is 0 Å². The Bertz CT molecular complexity index is 949. The van der Waals surface area contributed by atoms with Gasteiger partial charge in [-0.25, -0.2) is 9.97 Å². The van der Waals surface area contributed by atoms with E-state index in [9.17, 15) is 9.90 Å². The number of carboxylic acid groups (broad SMARTS) is 1. The molecule has 3 rings (SSSR count). The van der Waals surface area contributed by atoms with Gasteiger partial charge >= 0.3 is 5.97 Å². The van der Waals surface area contributed by atoms with Crippen LogP contribution in [0.3, 0.4) is 0 Å². The molecule has 0 saturated carbocycles. The zero-order chi connectivity index (χ0) is 18.9. The predicted molar refractivity (Wildman–Crippen MR) is 106 cm³/mol. The van der Waals surface area contributed by atoms with E-state index in [-0.39, 0.29) is 0 Å². The van der Waals surface area contributed by atoms with E-state index in [0.717, 1.165) is 27.1 Å². The molecule has 0 saturated heterocycles. The number of ether oxygens (including phenoxy) is 1. The van der Waals surface area contributed by atoms with Crippen LogP contribution in [0, 0.1) is 6.92 Å². The highest BCUT2D eigenvalue weighted by molar-refractivity contribution is 8.01. The molecule has 2 aromatic heterocycles. The zero-order valence-electron chi connectivity index (χ0n) is 15.1. The number of carbonyl (C=O) groups is 1. The standard InChI is InChI=1S/C19H20N2O3S2/c1-5-24-13-8-6-12(7-9-13)14-10-25-16-15(14)17(21-11(2)20-16)26-19(3,4)18(22)23/h6-10H,5H2,1-4H3,(H,22,23). The quantitative estimate of drug-likeness (QED) is 0.472. The number of nitrogens with zero attached hydrogens (tertiary/aromatic N) is 2. The lowest BCUT2D eigenvalue weighted by atomic mass is 10.1. The van der Waals surface area contributed by atoms with Gasteiger partial charge in [0, 0.05) is 10.9 Å². The molecule has 0 aliphatic heterocycles. The molecule has 2 heterocycles. The van der Waals surface area contributed by atoms with Crippen LogP contribution < -0.4 is 4.74 Å². The molecule has 1 N–H and O–H groups in total. The lowest BCUT2D eigenvalue weighted by Gasteiger charge is -2.18. The topological polar surface area (TPSA) is 72.3 Å². The largest absolute Gasteiger partial charge is 0.494 e. The van der Waals surface area contributed by atoms with E-state index in [4.69, 9.17) is 4.74 Å². The maximum absolute atomic E-state index is 11.6. The molecule has 0 bridgehead atoms. The summed E-state index contributed by atoms with van der Waals surface area (Å²) >= 11 is 2.80. The summed E-state index contributed by atoms with van der Waals surface area (Å²) in [5.41, 5.74) is 2.04. The van der Waals surface area contributed by atoms with Crippen LogP contribution in [0.5, 0.6) is 5.75 Å². The van der Waals surface area contributed by atoms with Gasteiger partial charge in [-0.05, 0) is 45.4 Å². The van der Waals surface area contributed by atoms with E-state index in [1.165, 1.54) is 11.8 Å². The first-order valence-corrected chi connectivity index (χ1v) is 9.93. The fourth-order valence-corrected chi connectivity index (χ4v) is 4.59. The molecule has 0 atom stereocenters. The highest BCUT2D eigenvalue weighted by Gasteiger charge is 2.31. The first-order chi connectivity index (χ1) is 12.3. The maximum Gasteiger partial charge on any atom is 0.319 e. The fraction of sp³-hybridized carbons (Fsp3) is 0.316. The molecule has 0 aliphatic carbocycles. The Morgan fingerprint density at radius 3 is 2.58 bits per heavy atom. The van der Waals surface area contributed by atoms with Crippen molar-refractivity contribution >= 4 is 39.3 Å². The number of fused-ring (bicyclic) bond motifs is 1. The molecule has 7 heteroatoms. The minimum Gasteiger partial charge on any atom is -0.494 e. The Balaban J connectivity index is 2.11. The second kappa shape index (κ2) is 7.25. The van der Waals surface area contributed by atoms with Crippen molar-refractivity contribution in [1.29, 1.82) is 0 Å². The number of aromatic nitrogens is 2. The van der Waals surface area contributed by atoms with Gasteiger partial charge in [0.2, 0.25) is 0 Å². The van der Waals surface area contributed by atoms with Crippen LogP contribution in [0.15, 0.2) is 34.7 Å². The molecule has 0 fully saturated rings. The number of rotatable bonds is 6. The van der Waals surface area contributed by atoms with E-state index >= 15 is 0 Å². The van der Waals surface area contributed by atoms with Gasteiger partial charge in [0.15, 0.2) is 0 Å². The van der Waals surface area contributed by atoms with Gasteiger partial charge in [-0.15, -0.1) is 11.3 Å². The number of thioether (sulfide) groups is 1. The maximum atomic E-state index is 11.6. The smallest absolute Gasteiger partial charge is 0.319 e. The molecule has 26 heavy (non-hydrogen) atoms. The third-order valence-electron chi connectivity index (χ3n) is 3.86. The third-order valence-corrected chi connectivity index (χ3v) is 5.90. The van der Waals surface area contributed by atoms with Crippen LogP contribution in [0.25, 0.3) is 21.3 Å². The Morgan fingerprint density at radius 1 is 1.27 bits per heavy atom. The summed E-state index contributed by atoms with van der Waals surface area (Å²) in [6.07, 6.45) is 0. The van der Waals surface area contributed by atoms with Gasteiger partial charge in [-0.1, -0.05) is 23.9 Å². The lowest BCUT2D eigenvalue weighted by Crippen LogP contribution is -2.27. The number of aliphatic carboxylic acids is 1. The molecular formula is C19H20N2O3S2. The molecule has 3 aromatic rings. The number of hydrogen-bond donors (Lipinski definition) is 1. The van der Waals surface area contributed by atoms with Crippen molar-refractivity contribution in [3.05, 3.63) is 35.5 Å². The van der Waals surface area contributed by atoms with Gasteiger partial charge in [0.25, 0.3) is 0 Å². The van der Waals surface area contributed by atoms with Crippen molar-refractivity contribution in [2.45, 2.75) is 37.5 Å². The SMILES string of the molecule is CCOc1ccc(-c2csc3nc(C)nc(SC(C)(C)C(=O)O)c23)cc1. The molecule has 5 nitrogen and oxygen atoms in total. The molecule has 0 radical (unpaired) electrons. The summed E-state index contributed by atoms with van der Waals surface area (Å²) in [7, 11) is 0. The minimum atomic E-state index is -0.980. The molecule has 0 aliphatic rings. The molecule has 0 amide bonds. The van der Waals surface area contributed by atoms with Crippen molar-refractivity contribution in [2.75, 3.05) is 6.61 Å². The molecule has 0 spiro atoms. The first-order valence-electron chi connectivity index (χ1n) is 8.23.